The molecular weight excluding hydrogens is 172 g/mol. The molecule has 0 aliphatic heterocycles. The van der Waals surface area contributed by atoms with Crippen LogP contribution in [0.1, 0.15) is 30.4 Å². The zero-order chi connectivity index (χ0) is 9.81. The van der Waals surface area contributed by atoms with Crippen molar-refractivity contribution in [3.8, 4) is 0 Å². The summed E-state index contributed by atoms with van der Waals surface area (Å²) in [5, 5.41) is 0. The molecule has 1 heteroatoms. The molecule has 1 aromatic rings. The number of rotatable bonds is 2. The lowest BCUT2D eigenvalue weighted by Crippen LogP contribution is -2.65. The molecule has 2 bridgehead atoms. The minimum atomic E-state index is 0.0882. The topological polar surface area (TPSA) is 17.1 Å². The molecule has 3 aliphatic carbocycles. The summed E-state index contributed by atoms with van der Waals surface area (Å²) in [5.74, 6) is 0. The van der Waals surface area contributed by atoms with Gasteiger partial charge in [0.15, 0.2) is 0 Å². The Bertz CT molecular complexity index is 368. The monoisotopic (exact) mass is 186 g/mol. The highest BCUT2D eigenvalue weighted by atomic mass is 16.1. The first-order valence-electron chi connectivity index (χ1n) is 5.22. The number of benzene rings is 1. The summed E-state index contributed by atoms with van der Waals surface area (Å²) in [6.45, 7) is 2.11. The second-order valence-corrected chi connectivity index (χ2v) is 5.16. The molecule has 72 valence electrons. The molecule has 3 saturated carbocycles. The lowest BCUT2D eigenvalue weighted by molar-refractivity contribution is -0.159. The summed E-state index contributed by atoms with van der Waals surface area (Å²) in [5.41, 5.74) is 3.22. The zero-order valence-corrected chi connectivity index (χ0v) is 8.42. The highest BCUT2D eigenvalue weighted by molar-refractivity contribution is 5.69. The molecule has 0 N–H and O–H groups in total. The lowest BCUT2D eigenvalue weighted by atomic mass is 9.34. The fourth-order valence-corrected chi connectivity index (χ4v) is 3.20. The van der Waals surface area contributed by atoms with Gasteiger partial charge in [0.2, 0.25) is 0 Å². The molecule has 0 atom stereocenters. The van der Waals surface area contributed by atoms with Crippen LogP contribution >= 0.6 is 0 Å². The van der Waals surface area contributed by atoms with E-state index in [-0.39, 0.29) is 5.41 Å². The Kier molecular flexibility index (Phi) is 1.34. The van der Waals surface area contributed by atoms with Crippen LogP contribution in [0.4, 0.5) is 0 Å². The van der Waals surface area contributed by atoms with Gasteiger partial charge in [-0.05, 0) is 37.2 Å². The molecule has 0 amide bonds. The van der Waals surface area contributed by atoms with Crippen LogP contribution in [0.25, 0.3) is 0 Å². The van der Waals surface area contributed by atoms with E-state index in [0.29, 0.717) is 5.41 Å². The van der Waals surface area contributed by atoms with Crippen molar-refractivity contribution in [2.45, 2.75) is 31.6 Å². The molecule has 0 spiro atoms. The van der Waals surface area contributed by atoms with Gasteiger partial charge in [0.25, 0.3) is 0 Å². The lowest BCUT2D eigenvalue weighted by Gasteiger charge is -2.68. The van der Waals surface area contributed by atoms with E-state index in [1.165, 1.54) is 17.4 Å². The molecule has 0 heterocycles. The predicted octanol–water partition coefficient (Wildman–Crippen LogP) is 2.62. The van der Waals surface area contributed by atoms with Crippen molar-refractivity contribution in [2.24, 2.45) is 5.41 Å². The highest BCUT2D eigenvalue weighted by Crippen LogP contribution is 2.72. The van der Waals surface area contributed by atoms with Gasteiger partial charge in [-0.25, -0.2) is 0 Å². The first-order valence-corrected chi connectivity index (χ1v) is 5.22. The molecule has 0 aromatic heterocycles. The van der Waals surface area contributed by atoms with Crippen LogP contribution in [-0.4, -0.2) is 6.29 Å². The number of hydrogen-bond donors (Lipinski definition) is 0. The van der Waals surface area contributed by atoms with Gasteiger partial charge in [0, 0.05) is 5.41 Å². The number of aryl methyl sites for hydroxylation is 1. The molecule has 1 aromatic carbocycles. The number of carbonyl (C=O) groups excluding carboxylic acids is 1. The average molecular weight is 186 g/mol. The van der Waals surface area contributed by atoms with E-state index in [9.17, 15) is 4.79 Å². The van der Waals surface area contributed by atoms with Crippen molar-refractivity contribution in [3.63, 3.8) is 0 Å². The van der Waals surface area contributed by atoms with E-state index >= 15 is 0 Å². The maximum Gasteiger partial charge on any atom is 0.126 e. The van der Waals surface area contributed by atoms with E-state index in [0.717, 1.165) is 19.3 Å². The Balaban J connectivity index is 1.87. The molecule has 3 fully saturated rings. The van der Waals surface area contributed by atoms with Gasteiger partial charge < -0.3 is 4.79 Å². The van der Waals surface area contributed by atoms with Crippen molar-refractivity contribution in [2.75, 3.05) is 0 Å². The smallest absolute Gasteiger partial charge is 0.126 e. The standard InChI is InChI=1S/C13H14O/c1-10-2-4-11(5-3-10)13-6-12(7-13,8-13)9-14/h2-5,9H,6-8H2,1H3. The number of carbonyl (C=O) groups is 1. The van der Waals surface area contributed by atoms with E-state index in [1.54, 1.807) is 0 Å². The predicted molar refractivity (Wildman–Crippen MR) is 55.2 cm³/mol. The van der Waals surface area contributed by atoms with E-state index in [4.69, 9.17) is 0 Å². The van der Waals surface area contributed by atoms with Crippen LogP contribution < -0.4 is 0 Å². The quantitative estimate of drug-likeness (QED) is 0.649. The molecular formula is C13H14O. The molecule has 3 aliphatic rings. The van der Waals surface area contributed by atoms with Crippen LogP contribution in [0, 0.1) is 12.3 Å². The minimum Gasteiger partial charge on any atom is -0.303 e. The summed E-state index contributed by atoms with van der Waals surface area (Å²) in [6, 6.07) is 8.79. The minimum absolute atomic E-state index is 0.0882. The molecule has 14 heavy (non-hydrogen) atoms. The Hall–Kier alpha value is -1.11. The SMILES string of the molecule is Cc1ccc(C23CC(C=O)(C2)C3)cc1. The van der Waals surface area contributed by atoms with Crippen molar-refractivity contribution in [1.29, 1.82) is 0 Å². The second kappa shape index (κ2) is 2.28. The Morgan fingerprint density at radius 3 is 2.21 bits per heavy atom. The van der Waals surface area contributed by atoms with Crippen LogP contribution in [0.2, 0.25) is 0 Å². The third-order valence-electron chi connectivity index (χ3n) is 3.99. The van der Waals surface area contributed by atoms with Crippen LogP contribution in [0.5, 0.6) is 0 Å². The third-order valence-corrected chi connectivity index (χ3v) is 3.99. The summed E-state index contributed by atoms with van der Waals surface area (Å²) in [6.07, 6.45) is 4.44. The van der Waals surface area contributed by atoms with Crippen LogP contribution in [-0.2, 0) is 10.2 Å². The third kappa shape index (κ3) is 0.827. The fourth-order valence-electron chi connectivity index (χ4n) is 3.20. The maximum absolute atomic E-state index is 10.8. The molecule has 0 unspecified atom stereocenters. The molecule has 0 radical (unpaired) electrons. The zero-order valence-electron chi connectivity index (χ0n) is 8.42. The van der Waals surface area contributed by atoms with Crippen molar-refractivity contribution < 1.29 is 4.79 Å². The van der Waals surface area contributed by atoms with Gasteiger partial charge in [-0.15, -0.1) is 0 Å². The number of aldehydes is 1. The van der Waals surface area contributed by atoms with Gasteiger partial charge in [-0.2, -0.15) is 0 Å². The van der Waals surface area contributed by atoms with Crippen LogP contribution in [0.3, 0.4) is 0 Å². The first-order chi connectivity index (χ1) is 6.68. The average Bonchev–Trinajstić information content (AvgIpc) is 2.04. The second-order valence-electron chi connectivity index (χ2n) is 5.16. The van der Waals surface area contributed by atoms with E-state index in [1.807, 2.05) is 0 Å². The van der Waals surface area contributed by atoms with Gasteiger partial charge >= 0.3 is 0 Å². The summed E-state index contributed by atoms with van der Waals surface area (Å²) < 4.78 is 0. The van der Waals surface area contributed by atoms with Crippen molar-refractivity contribution in [3.05, 3.63) is 35.4 Å². The van der Waals surface area contributed by atoms with Gasteiger partial charge in [-0.3, -0.25) is 0 Å². The Morgan fingerprint density at radius 2 is 1.71 bits per heavy atom. The van der Waals surface area contributed by atoms with Crippen molar-refractivity contribution in [1.82, 2.24) is 0 Å². The van der Waals surface area contributed by atoms with E-state index < -0.39 is 0 Å². The summed E-state index contributed by atoms with van der Waals surface area (Å²) in [4.78, 5) is 10.8. The number of hydrogen-bond acceptors (Lipinski definition) is 1. The highest BCUT2D eigenvalue weighted by Gasteiger charge is 2.68. The fraction of sp³-hybridized carbons (Fsp3) is 0.462. The van der Waals surface area contributed by atoms with Gasteiger partial charge in [0.05, 0.1) is 0 Å². The van der Waals surface area contributed by atoms with Gasteiger partial charge in [0.1, 0.15) is 6.29 Å². The molecule has 0 saturated heterocycles. The van der Waals surface area contributed by atoms with Gasteiger partial charge in [-0.1, -0.05) is 29.8 Å². The largest absolute Gasteiger partial charge is 0.303 e. The van der Waals surface area contributed by atoms with Crippen molar-refractivity contribution >= 4 is 6.29 Å². The molecule has 1 nitrogen and oxygen atoms in total. The Labute approximate surface area is 84.1 Å². The maximum atomic E-state index is 10.8. The molecule has 4 rings (SSSR count). The Morgan fingerprint density at radius 1 is 1.14 bits per heavy atom. The normalized spacial score (nSPS) is 38.4. The van der Waals surface area contributed by atoms with E-state index in [2.05, 4.69) is 31.2 Å². The summed E-state index contributed by atoms with van der Waals surface area (Å²) >= 11 is 0. The first kappa shape index (κ1) is 8.22. The summed E-state index contributed by atoms with van der Waals surface area (Å²) in [7, 11) is 0. The van der Waals surface area contributed by atoms with Crippen LogP contribution in [0.15, 0.2) is 24.3 Å².